The SMILES string of the molecule is Fc1ccccc1OCc1cc(Cl)ccn1. The van der Waals surface area contributed by atoms with Crippen molar-refractivity contribution in [2.75, 3.05) is 0 Å². The quantitative estimate of drug-likeness (QED) is 0.816. The molecule has 82 valence electrons. The van der Waals surface area contributed by atoms with E-state index in [9.17, 15) is 4.39 Å². The zero-order valence-electron chi connectivity index (χ0n) is 8.36. The second-order valence-electron chi connectivity index (χ2n) is 3.18. The molecule has 1 heterocycles. The van der Waals surface area contributed by atoms with Crippen molar-refractivity contribution in [3.63, 3.8) is 0 Å². The van der Waals surface area contributed by atoms with Gasteiger partial charge in [0, 0.05) is 11.2 Å². The third kappa shape index (κ3) is 2.70. The van der Waals surface area contributed by atoms with Crippen LogP contribution in [0.5, 0.6) is 5.75 Å². The van der Waals surface area contributed by atoms with Crippen molar-refractivity contribution in [1.82, 2.24) is 4.98 Å². The van der Waals surface area contributed by atoms with Gasteiger partial charge in [-0.05, 0) is 24.3 Å². The van der Waals surface area contributed by atoms with Gasteiger partial charge in [-0.15, -0.1) is 0 Å². The van der Waals surface area contributed by atoms with Crippen LogP contribution in [-0.4, -0.2) is 4.98 Å². The molecule has 0 aliphatic carbocycles. The number of pyridine rings is 1. The fourth-order valence-corrected chi connectivity index (χ4v) is 1.42. The second-order valence-corrected chi connectivity index (χ2v) is 3.62. The first kappa shape index (κ1) is 10.9. The van der Waals surface area contributed by atoms with Gasteiger partial charge in [0.15, 0.2) is 11.6 Å². The highest BCUT2D eigenvalue weighted by atomic mass is 35.5. The van der Waals surface area contributed by atoms with Gasteiger partial charge in [0.2, 0.25) is 0 Å². The van der Waals surface area contributed by atoms with Crippen LogP contribution in [0.1, 0.15) is 5.69 Å². The first-order valence-electron chi connectivity index (χ1n) is 4.73. The van der Waals surface area contributed by atoms with E-state index in [1.807, 2.05) is 0 Å². The number of halogens is 2. The molecule has 0 atom stereocenters. The summed E-state index contributed by atoms with van der Waals surface area (Å²) in [6.45, 7) is 0.196. The molecule has 0 fully saturated rings. The standard InChI is InChI=1S/C12H9ClFNO/c13-9-5-6-15-10(7-9)8-16-12-4-2-1-3-11(12)14/h1-7H,8H2. The molecule has 4 heteroatoms. The summed E-state index contributed by atoms with van der Waals surface area (Å²) in [5.41, 5.74) is 0.663. The molecule has 1 aromatic heterocycles. The Morgan fingerprint density at radius 3 is 2.81 bits per heavy atom. The van der Waals surface area contributed by atoms with Gasteiger partial charge in [0.05, 0.1) is 5.69 Å². The van der Waals surface area contributed by atoms with E-state index < -0.39 is 0 Å². The lowest BCUT2D eigenvalue weighted by Crippen LogP contribution is -1.99. The molecule has 0 saturated heterocycles. The fourth-order valence-electron chi connectivity index (χ4n) is 1.24. The monoisotopic (exact) mass is 237 g/mol. The highest BCUT2D eigenvalue weighted by Gasteiger charge is 2.02. The van der Waals surface area contributed by atoms with Crippen molar-refractivity contribution in [2.24, 2.45) is 0 Å². The summed E-state index contributed by atoms with van der Waals surface area (Å²) in [6.07, 6.45) is 1.59. The van der Waals surface area contributed by atoms with E-state index in [2.05, 4.69) is 4.98 Å². The second kappa shape index (κ2) is 4.94. The number of rotatable bonds is 3. The Hall–Kier alpha value is -1.61. The first-order chi connectivity index (χ1) is 7.75. The molecule has 0 radical (unpaired) electrons. The number of aromatic nitrogens is 1. The van der Waals surface area contributed by atoms with Crippen LogP contribution in [0.2, 0.25) is 5.02 Å². The van der Waals surface area contributed by atoms with Gasteiger partial charge >= 0.3 is 0 Å². The van der Waals surface area contributed by atoms with Crippen LogP contribution in [0, 0.1) is 5.82 Å². The van der Waals surface area contributed by atoms with Crippen LogP contribution in [-0.2, 0) is 6.61 Å². The zero-order chi connectivity index (χ0) is 11.4. The van der Waals surface area contributed by atoms with Gasteiger partial charge in [0.25, 0.3) is 0 Å². The molecule has 0 amide bonds. The lowest BCUT2D eigenvalue weighted by Gasteiger charge is -2.06. The maximum absolute atomic E-state index is 13.2. The fraction of sp³-hybridized carbons (Fsp3) is 0.0833. The summed E-state index contributed by atoms with van der Waals surface area (Å²) in [5.74, 6) is -0.172. The van der Waals surface area contributed by atoms with Gasteiger partial charge in [0.1, 0.15) is 6.61 Å². The van der Waals surface area contributed by atoms with Gasteiger partial charge in [-0.25, -0.2) is 4.39 Å². The molecule has 2 rings (SSSR count). The Labute approximate surface area is 97.7 Å². The zero-order valence-corrected chi connectivity index (χ0v) is 9.12. The Bertz CT molecular complexity index is 490. The molecular weight excluding hydrogens is 229 g/mol. The Balaban J connectivity index is 2.05. The van der Waals surface area contributed by atoms with E-state index in [4.69, 9.17) is 16.3 Å². The van der Waals surface area contributed by atoms with Crippen molar-refractivity contribution >= 4 is 11.6 Å². The van der Waals surface area contributed by atoms with Gasteiger partial charge in [-0.1, -0.05) is 23.7 Å². The maximum Gasteiger partial charge on any atom is 0.165 e. The normalized spacial score (nSPS) is 10.1. The minimum absolute atomic E-state index is 0.196. The summed E-state index contributed by atoms with van der Waals surface area (Å²) in [5, 5.41) is 0.585. The van der Waals surface area contributed by atoms with E-state index in [0.29, 0.717) is 10.7 Å². The van der Waals surface area contributed by atoms with Crippen LogP contribution >= 0.6 is 11.6 Å². The number of nitrogens with zero attached hydrogens (tertiary/aromatic N) is 1. The summed E-state index contributed by atoms with van der Waals surface area (Å²) in [7, 11) is 0. The minimum Gasteiger partial charge on any atom is -0.484 e. The highest BCUT2D eigenvalue weighted by Crippen LogP contribution is 2.17. The molecule has 0 unspecified atom stereocenters. The predicted octanol–water partition coefficient (Wildman–Crippen LogP) is 3.45. The maximum atomic E-state index is 13.2. The third-order valence-electron chi connectivity index (χ3n) is 1.99. The Kier molecular flexibility index (Phi) is 3.37. The first-order valence-corrected chi connectivity index (χ1v) is 5.11. The van der Waals surface area contributed by atoms with Gasteiger partial charge in [-0.3, -0.25) is 4.98 Å². The van der Waals surface area contributed by atoms with E-state index in [1.165, 1.54) is 6.07 Å². The lowest BCUT2D eigenvalue weighted by molar-refractivity contribution is 0.286. The average Bonchev–Trinajstić information content (AvgIpc) is 2.28. The molecule has 2 nitrogen and oxygen atoms in total. The van der Waals surface area contributed by atoms with Crippen molar-refractivity contribution in [3.05, 3.63) is 59.1 Å². The van der Waals surface area contributed by atoms with Crippen molar-refractivity contribution in [3.8, 4) is 5.75 Å². The molecule has 0 aliphatic heterocycles. The predicted molar refractivity (Wildman–Crippen MR) is 60.0 cm³/mol. The minimum atomic E-state index is -0.385. The van der Waals surface area contributed by atoms with E-state index in [-0.39, 0.29) is 18.2 Å². The van der Waals surface area contributed by atoms with Crippen molar-refractivity contribution < 1.29 is 9.13 Å². The third-order valence-corrected chi connectivity index (χ3v) is 2.23. The van der Waals surface area contributed by atoms with Crippen LogP contribution in [0.3, 0.4) is 0 Å². The molecule has 0 aliphatic rings. The smallest absolute Gasteiger partial charge is 0.165 e. The molecule has 2 aromatic rings. The van der Waals surface area contributed by atoms with Crippen molar-refractivity contribution in [1.29, 1.82) is 0 Å². The summed E-state index contributed by atoms with van der Waals surface area (Å²) >= 11 is 5.79. The number of benzene rings is 1. The molecular formula is C12H9ClFNO. The van der Waals surface area contributed by atoms with Crippen LogP contribution < -0.4 is 4.74 Å². The number of hydrogen-bond donors (Lipinski definition) is 0. The summed E-state index contributed by atoms with van der Waals surface area (Å²) < 4.78 is 18.5. The van der Waals surface area contributed by atoms with Crippen molar-refractivity contribution in [2.45, 2.75) is 6.61 Å². The van der Waals surface area contributed by atoms with E-state index in [0.717, 1.165) is 0 Å². The van der Waals surface area contributed by atoms with Crippen LogP contribution in [0.4, 0.5) is 4.39 Å². The Morgan fingerprint density at radius 2 is 2.06 bits per heavy atom. The molecule has 16 heavy (non-hydrogen) atoms. The lowest BCUT2D eigenvalue weighted by atomic mass is 10.3. The van der Waals surface area contributed by atoms with Gasteiger partial charge < -0.3 is 4.74 Å². The van der Waals surface area contributed by atoms with Crippen LogP contribution in [0.25, 0.3) is 0 Å². The highest BCUT2D eigenvalue weighted by molar-refractivity contribution is 6.30. The summed E-state index contributed by atoms with van der Waals surface area (Å²) in [4.78, 5) is 4.05. The van der Waals surface area contributed by atoms with E-state index >= 15 is 0 Å². The summed E-state index contributed by atoms with van der Waals surface area (Å²) in [6, 6.07) is 9.60. The topological polar surface area (TPSA) is 22.1 Å². The number of ether oxygens (including phenoxy) is 1. The molecule has 0 N–H and O–H groups in total. The molecule has 0 spiro atoms. The number of para-hydroxylation sites is 1. The molecule has 0 saturated carbocycles. The van der Waals surface area contributed by atoms with E-state index in [1.54, 1.807) is 36.5 Å². The average molecular weight is 238 g/mol. The Morgan fingerprint density at radius 1 is 1.25 bits per heavy atom. The number of hydrogen-bond acceptors (Lipinski definition) is 2. The molecule has 1 aromatic carbocycles. The van der Waals surface area contributed by atoms with Gasteiger partial charge in [-0.2, -0.15) is 0 Å². The van der Waals surface area contributed by atoms with Crippen LogP contribution in [0.15, 0.2) is 42.6 Å². The largest absolute Gasteiger partial charge is 0.484 e. The molecule has 0 bridgehead atoms.